The average molecular weight is 279 g/mol. The van der Waals surface area contributed by atoms with Crippen molar-refractivity contribution in [2.45, 2.75) is 25.8 Å². The van der Waals surface area contributed by atoms with Crippen molar-refractivity contribution in [2.75, 3.05) is 0 Å². The Morgan fingerprint density at radius 2 is 2.00 bits per heavy atom. The number of pyridine rings is 1. The van der Waals surface area contributed by atoms with E-state index < -0.39 is 28.6 Å². The Kier molecular flexibility index (Phi) is 2.64. The SMILES string of the molecule is Cc1c(F)cc(F)c2c1c(=O)c(C(=O)O)cn2C1CC1. The molecule has 3 rings (SSSR count). The Hall–Kier alpha value is -2.24. The molecule has 0 radical (unpaired) electrons. The zero-order valence-electron chi connectivity index (χ0n) is 10.6. The lowest BCUT2D eigenvalue weighted by molar-refractivity contribution is 0.0695. The van der Waals surface area contributed by atoms with E-state index in [-0.39, 0.29) is 22.5 Å². The van der Waals surface area contributed by atoms with E-state index in [2.05, 4.69) is 0 Å². The van der Waals surface area contributed by atoms with Crippen molar-refractivity contribution in [3.63, 3.8) is 0 Å². The van der Waals surface area contributed by atoms with Gasteiger partial charge >= 0.3 is 5.97 Å². The van der Waals surface area contributed by atoms with Crippen molar-refractivity contribution >= 4 is 16.9 Å². The molecule has 1 fully saturated rings. The normalized spacial score (nSPS) is 14.8. The number of halogens is 2. The quantitative estimate of drug-likeness (QED) is 0.919. The minimum absolute atomic E-state index is 0.0126. The highest BCUT2D eigenvalue weighted by Crippen LogP contribution is 2.38. The summed E-state index contributed by atoms with van der Waals surface area (Å²) in [6.45, 7) is 1.35. The van der Waals surface area contributed by atoms with Crippen molar-refractivity contribution in [1.29, 1.82) is 0 Å². The first-order valence-corrected chi connectivity index (χ1v) is 6.18. The summed E-state index contributed by atoms with van der Waals surface area (Å²) in [5.41, 5.74) is -1.34. The second kappa shape index (κ2) is 4.13. The van der Waals surface area contributed by atoms with Gasteiger partial charge in [0.05, 0.1) is 10.9 Å². The zero-order chi connectivity index (χ0) is 14.6. The smallest absolute Gasteiger partial charge is 0.341 e. The molecule has 2 aromatic rings. The molecule has 104 valence electrons. The molecular weight excluding hydrogens is 268 g/mol. The van der Waals surface area contributed by atoms with Gasteiger partial charge < -0.3 is 9.67 Å². The number of aryl methyl sites for hydroxylation is 1. The third-order valence-electron chi connectivity index (χ3n) is 3.62. The lowest BCUT2D eigenvalue weighted by Gasteiger charge is -2.14. The molecule has 1 aliphatic rings. The van der Waals surface area contributed by atoms with Crippen molar-refractivity contribution < 1.29 is 18.7 Å². The minimum atomic E-state index is -1.39. The summed E-state index contributed by atoms with van der Waals surface area (Å²) in [6, 6.07) is 0.701. The van der Waals surface area contributed by atoms with E-state index in [1.165, 1.54) is 11.5 Å². The summed E-state index contributed by atoms with van der Waals surface area (Å²) in [4.78, 5) is 23.3. The van der Waals surface area contributed by atoms with Crippen LogP contribution in [0.15, 0.2) is 17.1 Å². The third-order valence-corrected chi connectivity index (χ3v) is 3.62. The van der Waals surface area contributed by atoms with Gasteiger partial charge in [0.1, 0.15) is 11.4 Å². The molecule has 1 aromatic carbocycles. The van der Waals surface area contributed by atoms with Crippen LogP contribution >= 0.6 is 0 Å². The largest absolute Gasteiger partial charge is 0.477 e. The number of hydrogen-bond acceptors (Lipinski definition) is 2. The minimum Gasteiger partial charge on any atom is -0.477 e. The molecule has 0 amide bonds. The van der Waals surface area contributed by atoms with Gasteiger partial charge in [-0.3, -0.25) is 4.79 Å². The van der Waals surface area contributed by atoms with E-state index in [0.717, 1.165) is 25.1 Å². The highest BCUT2D eigenvalue weighted by molar-refractivity contribution is 5.94. The first kappa shape index (κ1) is 12.8. The molecule has 0 aliphatic heterocycles. The summed E-state index contributed by atoms with van der Waals surface area (Å²) in [5.74, 6) is -3.09. The highest BCUT2D eigenvalue weighted by atomic mass is 19.1. The van der Waals surface area contributed by atoms with Crippen LogP contribution in [0.3, 0.4) is 0 Å². The maximum absolute atomic E-state index is 14.0. The van der Waals surface area contributed by atoms with E-state index in [9.17, 15) is 18.4 Å². The highest BCUT2D eigenvalue weighted by Gasteiger charge is 2.29. The maximum Gasteiger partial charge on any atom is 0.341 e. The first-order valence-electron chi connectivity index (χ1n) is 6.18. The van der Waals surface area contributed by atoms with Gasteiger partial charge in [-0.05, 0) is 25.3 Å². The number of rotatable bonds is 2. The summed E-state index contributed by atoms with van der Waals surface area (Å²) >= 11 is 0. The number of carboxylic acids is 1. The van der Waals surface area contributed by atoms with Gasteiger partial charge in [-0.2, -0.15) is 0 Å². The zero-order valence-corrected chi connectivity index (χ0v) is 10.6. The molecule has 1 N–H and O–H groups in total. The fourth-order valence-electron chi connectivity index (χ4n) is 2.42. The molecule has 0 unspecified atom stereocenters. The van der Waals surface area contributed by atoms with Gasteiger partial charge in [-0.1, -0.05) is 0 Å². The van der Waals surface area contributed by atoms with Crippen LogP contribution in [-0.2, 0) is 0 Å². The molecule has 20 heavy (non-hydrogen) atoms. The van der Waals surface area contributed by atoms with Gasteiger partial charge in [0.2, 0.25) is 5.43 Å². The van der Waals surface area contributed by atoms with Crippen molar-refractivity contribution in [2.24, 2.45) is 0 Å². The molecule has 1 aromatic heterocycles. The van der Waals surface area contributed by atoms with Crippen LogP contribution in [0.4, 0.5) is 8.78 Å². The fraction of sp³-hybridized carbons (Fsp3) is 0.286. The molecule has 0 saturated heterocycles. The molecule has 0 atom stereocenters. The van der Waals surface area contributed by atoms with Crippen LogP contribution in [0.5, 0.6) is 0 Å². The number of hydrogen-bond donors (Lipinski definition) is 1. The Morgan fingerprint density at radius 3 is 2.55 bits per heavy atom. The summed E-state index contributed by atoms with van der Waals surface area (Å²) < 4.78 is 29.1. The number of benzene rings is 1. The number of nitrogens with zero attached hydrogens (tertiary/aromatic N) is 1. The number of aromatic carboxylic acids is 1. The van der Waals surface area contributed by atoms with Crippen LogP contribution in [0.1, 0.15) is 34.8 Å². The van der Waals surface area contributed by atoms with Gasteiger partial charge in [0.25, 0.3) is 0 Å². The number of aromatic nitrogens is 1. The number of carbonyl (C=O) groups is 1. The Bertz CT molecular complexity index is 806. The van der Waals surface area contributed by atoms with Crippen molar-refractivity contribution in [3.8, 4) is 0 Å². The fourth-order valence-corrected chi connectivity index (χ4v) is 2.42. The van der Waals surface area contributed by atoms with E-state index in [0.29, 0.717) is 0 Å². The lowest BCUT2D eigenvalue weighted by atomic mass is 10.0. The average Bonchev–Trinajstić information content (AvgIpc) is 3.19. The lowest BCUT2D eigenvalue weighted by Crippen LogP contribution is -2.20. The second-order valence-electron chi connectivity index (χ2n) is 5.00. The van der Waals surface area contributed by atoms with Crippen molar-refractivity contribution in [1.82, 2.24) is 4.57 Å². The van der Waals surface area contributed by atoms with Crippen molar-refractivity contribution in [3.05, 3.63) is 45.2 Å². The monoisotopic (exact) mass is 279 g/mol. The molecule has 6 heteroatoms. The van der Waals surface area contributed by atoms with Crippen LogP contribution in [0.2, 0.25) is 0 Å². The van der Waals surface area contributed by atoms with E-state index >= 15 is 0 Å². The van der Waals surface area contributed by atoms with Crippen LogP contribution in [0, 0.1) is 18.6 Å². The molecular formula is C14H11F2NO3. The van der Waals surface area contributed by atoms with Crippen LogP contribution < -0.4 is 5.43 Å². The summed E-state index contributed by atoms with van der Waals surface area (Å²) in [5, 5.41) is 8.89. The van der Waals surface area contributed by atoms with E-state index in [4.69, 9.17) is 5.11 Å². The van der Waals surface area contributed by atoms with Gasteiger partial charge in [0, 0.05) is 18.3 Å². The molecule has 0 spiro atoms. The van der Waals surface area contributed by atoms with Crippen LogP contribution in [0.25, 0.3) is 10.9 Å². The predicted molar refractivity (Wildman–Crippen MR) is 68.1 cm³/mol. The van der Waals surface area contributed by atoms with Gasteiger partial charge in [0.15, 0.2) is 5.82 Å². The van der Waals surface area contributed by atoms with Gasteiger partial charge in [-0.15, -0.1) is 0 Å². The van der Waals surface area contributed by atoms with E-state index in [1.54, 1.807) is 0 Å². The summed E-state index contributed by atoms with van der Waals surface area (Å²) in [7, 11) is 0. The molecule has 1 saturated carbocycles. The predicted octanol–water partition coefficient (Wildman–Crippen LogP) is 2.62. The number of fused-ring (bicyclic) bond motifs is 1. The van der Waals surface area contributed by atoms with E-state index in [1.807, 2.05) is 0 Å². The standard InChI is InChI=1S/C14H11F2NO3/c1-6-9(15)4-10(16)12-11(6)13(18)8(14(19)20)5-17(12)7-2-3-7/h4-5,7H,2-3H2,1H3,(H,19,20). The Labute approximate surface area is 112 Å². The number of carboxylic acid groups (broad SMARTS) is 1. The summed E-state index contributed by atoms with van der Waals surface area (Å²) in [6.07, 6.45) is 2.73. The maximum atomic E-state index is 14.0. The Balaban J connectivity index is 2.55. The van der Waals surface area contributed by atoms with Crippen LogP contribution in [-0.4, -0.2) is 15.6 Å². The molecule has 1 heterocycles. The molecule has 1 aliphatic carbocycles. The Morgan fingerprint density at radius 1 is 1.35 bits per heavy atom. The molecule has 0 bridgehead atoms. The topological polar surface area (TPSA) is 59.3 Å². The second-order valence-corrected chi connectivity index (χ2v) is 5.00. The van der Waals surface area contributed by atoms with Gasteiger partial charge in [-0.25, -0.2) is 13.6 Å². The first-order chi connectivity index (χ1) is 9.41. The molecule has 4 nitrogen and oxygen atoms in total. The third kappa shape index (κ3) is 1.71.